The molecule has 3 aromatic carbocycles. The van der Waals surface area contributed by atoms with Gasteiger partial charge in [-0.3, -0.25) is 9.59 Å². The predicted molar refractivity (Wildman–Crippen MR) is 105 cm³/mol. The molecule has 0 N–H and O–H groups in total. The maximum absolute atomic E-state index is 13.0. The topological polar surface area (TPSA) is 34.1 Å². The Morgan fingerprint density at radius 1 is 0.692 bits per heavy atom. The second-order valence-corrected chi connectivity index (χ2v) is 6.53. The quantitative estimate of drug-likeness (QED) is 0.527. The molecule has 0 unspecified atom stereocenters. The highest BCUT2D eigenvalue weighted by Gasteiger charge is 2.28. The minimum atomic E-state index is -0.285. The Bertz CT molecular complexity index is 854. The molecule has 0 amide bonds. The molecule has 2 atom stereocenters. The number of hydrogen-bond donors (Lipinski definition) is 0. The molecule has 3 rings (SSSR count). The van der Waals surface area contributed by atoms with Crippen LogP contribution in [0.3, 0.4) is 0 Å². The van der Waals surface area contributed by atoms with Crippen molar-refractivity contribution >= 4 is 11.6 Å². The Hall–Kier alpha value is -3.00. The maximum atomic E-state index is 13.0. The summed E-state index contributed by atoms with van der Waals surface area (Å²) in [5.74, 6) is -0.309. The third-order valence-corrected chi connectivity index (χ3v) is 4.80. The van der Waals surface area contributed by atoms with Crippen LogP contribution >= 0.6 is 0 Å². The van der Waals surface area contributed by atoms with Crippen LogP contribution in [0.5, 0.6) is 0 Å². The molecule has 0 fully saturated rings. The van der Waals surface area contributed by atoms with E-state index in [2.05, 4.69) is 0 Å². The SMILES string of the molecule is C[C@@H](C(=O)c1ccccc1)[C@@H](CC(=O)c1ccccc1)c1ccccc1. The molecule has 0 aliphatic rings. The first-order valence-corrected chi connectivity index (χ1v) is 8.89. The van der Waals surface area contributed by atoms with E-state index in [1.54, 1.807) is 0 Å². The molecule has 0 aliphatic carbocycles. The molecule has 2 nitrogen and oxygen atoms in total. The average molecular weight is 342 g/mol. The van der Waals surface area contributed by atoms with Gasteiger partial charge in [-0.05, 0) is 5.56 Å². The molecular weight excluding hydrogens is 320 g/mol. The van der Waals surface area contributed by atoms with Crippen molar-refractivity contribution in [1.82, 2.24) is 0 Å². The van der Waals surface area contributed by atoms with E-state index in [-0.39, 0.29) is 23.4 Å². The molecule has 3 aromatic rings. The fraction of sp³-hybridized carbons (Fsp3) is 0.167. The van der Waals surface area contributed by atoms with Crippen LogP contribution in [0.4, 0.5) is 0 Å². The van der Waals surface area contributed by atoms with E-state index in [0.29, 0.717) is 17.5 Å². The van der Waals surface area contributed by atoms with Gasteiger partial charge in [0.2, 0.25) is 0 Å². The Balaban J connectivity index is 1.89. The van der Waals surface area contributed by atoms with Gasteiger partial charge in [-0.1, -0.05) is 97.9 Å². The molecule has 0 saturated heterocycles. The monoisotopic (exact) mass is 342 g/mol. The lowest BCUT2D eigenvalue weighted by molar-refractivity contribution is 0.0888. The summed E-state index contributed by atoms with van der Waals surface area (Å²) in [6.45, 7) is 1.92. The van der Waals surface area contributed by atoms with Crippen LogP contribution in [-0.2, 0) is 0 Å². The van der Waals surface area contributed by atoms with Crippen LogP contribution in [0, 0.1) is 5.92 Å². The van der Waals surface area contributed by atoms with E-state index in [9.17, 15) is 9.59 Å². The van der Waals surface area contributed by atoms with E-state index < -0.39 is 0 Å². The fourth-order valence-corrected chi connectivity index (χ4v) is 3.27. The van der Waals surface area contributed by atoms with Crippen molar-refractivity contribution in [3.05, 3.63) is 108 Å². The minimum Gasteiger partial charge on any atom is -0.294 e. The van der Waals surface area contributed by atoms with Gasteiger partial charge < -0.3 is 0 Å². The van der Waals surface area contributed by atoms with Gasteiger partial charge >= 0.3 is 0 Å². The zero-order valence-corrected chi connectivity index (χ0v) is 14.8. The second-order valence-electron chi connectivity index (χ2n) is 6.53. The van der Waals surface area contributed by atoms with Crippen molar-refractivity contribution in [1.29, 1.82) is 0 Å². The van der Waals surface area contributed by atoms with Crippen molar-refractivity contribution < 1.29 is 9.59 Å². The molecule has 130 valence electrons. The van der Waals surface area contributed by atoms with Gasteiger partial charge in [0, 0.05) is 29.4 Å². The van der Waals surface area contributed by atoms with E-state index in [1.807, 2.05) is 97.9 Å². The standard InChI is InChI=1S/C24H22O2/c1-18(24(26)21-15-9-4-10-16-21)22(19-11-5-2-6-12-19)17-23(25)20-13-7-3-8-14-20/h2-16,18,22H,17H2,1H3/t18-,22-/m1/s1. The summed E-state index contributed by atoms with van der Waals surface area (Å²) in [5, 5.41) is 0. The summed E-state index contributed by atoms with van der Waals surface area (Å²) in [7, 11) is 0. The highest BCUT2D eigenvalue weighted by atomic mass is 16.1. The summed E-state index contributed by atoms with van der Waals surface area (Å²) in [6.07, 6.45) is 0.313. The fourth-order valence-electron chi connectivity index (χ4n) is 3.27. The molecule has 0 spiro atoms. The van der Waals surface area contributed by atoms with Crippen molar-refractivity contribution in [2.45, 2.75) is 19.3 Å². The molecule has 0 bridgehead atoms. The van der Waals surface area contributed by atoms with Crippen LogP contribution in [0.25, 0.3) is 0 Å². The summed E-state index contributed by atoms with van der Waals surface area (Å²) in [5.41, 5.74) is 2.40. The minimum absolute atomic E-state index is 0.0622. The van der Waals surface area contributed by atoms with Crippen LogP contribution in [0.2, 0.25) is 0 Å². The lowest BCUT2D eigenvalue weighted by atomic mass is 9.79. The zero-order valence-electron chi connectivity index (χ0n) is 14.8. The average Bonchev–Trinajstić information content (AvgIpc) is 2.72. The van der Waals surface area contributed by atoms with Crippen LogP contribution < -0.4 is 0 Å². The normalized spacial score (nSPS) is 13.0. The Morgan fingerprint density at radius 3 is 1.69 bits per heavy atom. The first-order chi connectivity index (χ1) is 12.7. The second kappa shape index (κ2) is 8.39. The van der Waals surface area contributed by atoms with Gasteiger partial charge in [0.05, 0.1) is 0 Å². The van der Waals surface area contributed by atoms with Crippen molar-refractivity contribution in [3.8, 4) is 0 Å². The number of carbonyl (C=O) groups excluding carboxylic acids is 2. The number of benzene rings is 3. The van der Waals surface area contributed by atoms with Gasteiger partial charge in [-0.2, -0.15) is 0 Å². The Kier molecular flexibility index (Phi) is 5.75. The molecule has 0 radical (unpaired) electrons. The van der Waals surface area contributed by atoms with E-state index in [0.717, 1.165) is 5.56 Å². The highest BCUT2D eigenvalue weighted by molar-refractivity contribution is 6.00. The van der Waals surface area contributed by atoms with Gasteiger partial charge in [0.25, 0.3) is 0 Å². The zero-order chi connectivity index (χ0) is 18.4. The third-order valence-electron chi connectivity index (χ3n) is 4.80. The number of hydrogen-bond acceptors (Lipinski definition) is 2. The number of Topliss-reactive ketones (excluding diaryl/α,β-unsaturated/α-hetero) is 2. The Labute approximate surface area is 154 Å². The van der Waals surface area contributed by atoms with E-state index in [4.69, 9.17) is 0 Å². The molecule has 0 aromatic heterocycles. The number of ketones is 2. The summed E-state index contributed by atoms with van der Waals surface area (Å²) in [6, 6.07) is 28.4. The third kappa shape index (κ3) is 4.15. The first-order valence-electron chi connectivity index (χ1n) is 8.89. The lowest BCUT2D eigenvalue weighted by Crippen LogP contribution is -2.22. The molecule has 2 heteroatoms. The van der Waals surface area contributed by atoms with E-state index >= 15 is 0 Å². The van der Waals surface area contributed by atoms with Crippen LogP contribution in [0.15, 0.2) is 91.0 Å². The smallest absolute Gasteiger partial charge is 0.166 e. The van der Waals surface area contributed by atoms with Crippen molar-refractivity contribution in [3.63, 3.8) is 0 Å². The molecular formula is C24H22O2. The molecule has 0 heterocycles. The van der Waals surface area contributed by atoms with Crippen LogP contribution in [0.1, 0.15) is 45.5 Å². The maximum Gasteiger partial charge on any atom is 0.166 e. The molecule has 0 aliphatic heterocycles. The summed E-state index contributed by atoms with van der Waals surface area (Å²) in [4.78, 5) is 25.7. The lowest BCUT2D eigenvalue weighted by Gasteiger charge is -2.23. The van der Waals surface area contributed by atoms with E-state index in [1.165, 1.54) is 0 Å². The van der Waals surface area contributed by atoms with Crippen LogP contribution in [-0.4, -0.2) is 11.6 Å². The number of carbonyl (C=O) groups is 2. The van der Waals surface area contributed by atoms with Crippen molar-refractivity contribution in [2.75, 3.05) is 0 Å². The summed E-state index contributed by atoms with van der Waals surface area (Å²) < 4.78 is 0. The highest BCUT2D eigenvalue weighted by Crippen LogP contribution is 2.32. The van der Waals surface area contributed by atoms with Gasteiger partial charge in [-0.15, -0.1) is 0 Å². The van der Waals surface area contributed by atoms with Gasteiger partial charge in [0.15, 0.2) is 11.6 Å². The Morgan fingerprint density at radius 2 is 1.15 bits per heavy atom. The largest absolute Gasteiger partial charge is 0.294 e. The molecule has 26 heavy (non-hydrogen) atoms. The van der Waals surface area contributed by atoms with Gasteiger partial charge in [0.1, 0.15) is 0 Å². The first kappa shape index (κ1) is 17.8. The molecule has 0 saturated carbocycles. The number of rotatable bonds is 7. The summed E-state index contributed by atoms with van der Waals surface area (Å²) >= 11 is 0. The van der Waals surface area contributed by atoms with Gasteiger partial charge in [-0.25, -0.2) is 0 Å². The predicted octanol–water partition coefficient (Wildman–Crippen LogP) is 5.56. The van der Waals surface area contributed by atoms with Crippen molar-refractivity contribution in [2.24, 2.45) is 5.92 Å².